The molecule has 0 unspecified atom stereocenters. The number of aromatic amines is 1. The standard InChI is InChI=1S/C23H23N3O2/c27-22(20-13-17-7-3-4-8-19(17)25-20)24-18-10-9-15-11-12-26(21(15)14-18)23(28)16-5-1-2-6-16/h3-4,7-10,13-14,16,25H,1-2,5-6,11-12H2,(H,24,27). The molecule has 0 atom stereocenters. The van der Waals surface area contributed by atoms with Gasteiger partial charge in [0, 0.05) is 34.7 Å². The number of anilines is 2. The van der Waals surface area contributed by atoms with E-state index in [0.717, 1.165) is 55.2 Å². The summed E-state index contributed by atoms with van der Waals surface area (Å²) in [6, 6.07) is 15.6. The van der Waals surface area contributed by atoms with Crippen LogP contribution >= 0.6 is 0 Å². The molecule has 5 rings (SSSR count). The Morgan fingerprint density at radius 2 is 1.86 bits per heavy atom. The molecule has 1 saturated carbocycles. The first-order chi connectivity index (χ1) is 13.7. The second kappa shape index (κ2) is 6.82. The fourth-order valence-electron chi connectivity index (χ4n) is 4.47. The summed E-state index contributed by atoms with van der Waals surface area (Å²) < 4.78 is 0. The molecule has 0 saturated heterocycles. The maximum absolute atomic E-state index is 12.9. The molecule has 1 aliphatic carbocycles. The third kappa shape index (κ3) is 2.97. The van der Waals surface area contributed by atoms with E-state index in [1.807, 2.05) is 53.4 Å². The Labute approximate surface area is 163 Å². The zero-order valence-electron chi connectivity index (χ0n) is 15.7. The van der Waals surface area contributed by atoms with Crippen molar-refractivity contribution < 1.29 is 9.59 Å². The number of H-pyrrole nitrogens is 1. The van der Waals surface area contributed by atoms with Gasteiger partial charge in [-0.05, 0) is 49.1 Å². The van der Waals surface area contributed by atoms with E-state index in [9.17, 15) is 9.59 Å². The molecule has 2 aliphatic rings. The molecule has 1 aromatic heterocycles. The van der Waals surface area contributed by atoms with Gasteiger partial charge in [0.15, 0.2) is 0 Å². The molecule has 3 aromatic rings. The van der Waals surface area contributed by atoms with Crippen LogP contribution in [0.25, 0.3) is 10.9 Å². The van der Waals surface area contributed by atoms with Crippen molar-refractivity contribution in [2.24, 2.45) is 5.92 Å². The number of hydrogen-bond donors (Lipinski definition) is 2. The van der Waals surface area contributed by atoms with Crippen molar-refractivity contribution in [1.29, 1.82) is 0 Å². The van der Waals surface area contributed by atoms with Gasteiger partial charge < -0.3 is 15.2 Å². The summed E-state index contributed by atoms with van der Waals surface area (Å²) in [5.41, 5.74) is 4.31. The summed E-state index contributed by atoms with van der Waals surface area (Å²) >= 11 is 0. The zero-order chi connectivity index (χ0) is 19.1. The molecular weight excluding hydrogens is 350 g/mol. The first-order valence-corrected chi connectivity index (χ1v) is 10.0. The SMILES string of the molecule is O=C(Nc1ccc2c(c1)N(C(=O)C1CCCC1)CC2)c1cc2ccccc2[nH]1. The lowest BCUT2D eigenvalue weighted by Crippen LogP contribution is -2.33. The topological polar surface area (TPSA) is 65.2 Å². The molecule has 2 heterocycles. The maximum atomic E-state index is 12.9. The van der Waals surface area contributed by atoms with Gasteiger partial charge in [0.2, 0.25) is 5.91 Å². The van der Waals surface area contributed by atoms with Crippen molar-refractivity contribution in [1.82, 2.24) is 4.98 Å². The molecule has 5 nitrogen and oxygen atoms in total. The highest BCUT2D eigenvalue weighted by molar-refractivity contribution is 6.06. The lowest BCUT2D eigenvalue weighted by molar-refractivity contribution is -0.122. The average molecular weight is 373 g/mol. The Morgan fingerprint density at radius 1 is 1.04 bits per heavy atom. The number of benzene rings is 2. The van der Waals surface area contributed by atoms with Gasteiger partial charge in [-0.15, -0.1) is 0 Å². The molecule has 0 spiro atoms. The minimum Gasteiger partial charge on any atom is -0.351 e. The van der Waals surface area contributed by atoms with Crippen molar-refractivity contribution in [3.63, 3.8) is 0 Å². The maximum Gasteiger partial charge on any atom is 0.272 e. The number of aromatic nitrogens is 1. The van der Waals surface area contributed by atoms with Gasteiger partial charge in [-0.2, -0.15) is 0 Å². The number of carbonyl (C=O) groups is 2. The van der Waals surface area contributed by atoms with Gasteiger partial charge in [0.1, 0.15) is 5.69 Å². The van der Waals surface area contributed by atoms with Crippen LogP contribution in [-0.2, 0) is 11.2 Å². The second-order valence-corrected chi connectivity index (χ2v) is 7.79. The predicted octanol–water partition coefficient (Wildman–Crippen LogP) is 4.50. The van der Waals surface area contributed by atoms with E-state index >= 15 is 0 Å². The Hall–Kier alpha value is -3.08. The molecule has 1 fully saturated rings. The molecule has 2 amide bonds. The number of hydrogen-bond acceptors (Lipinski definition) is 2. The molecule has 0 bridgehead atoms. The van der Waals surface area contributed by atoms with Gasteiger partial charge in [-0.25, -0.2) is 0 Å². The Morgan fingerprint density at radius 3 is 2.68 bits per heavy atom. The number of rotatable bonds is 3. The normalized spacial score (nSPS) is 16.5. The van der Waals surface area contributed by atoms with Gasteiger partial charge in [0.25, 0.3) is 5.91 Å². The number of amides is 2. The highest BCUT2D eigenvalue weighted by Crippen LogP contribution is 2.35. The number of para-hydroxylation sites is 1. The fraction of sp³-hybridized carbons (Fsp3) is 0.304. The van der Waals surface area contributed by atoms with Crippen LogP contribution in [0, 0.1) is 5.92 Å². The van der Waals surface area contributed by atoms with Crippen LogP contribution in [0.1, 0.15) is 41.7 Å². The summed E-state index contributed by atoms with van der Waals surface area (Å²) in [4.78, 5) is 30.7. The number of nitrogens with one attached hydrogen (secondary N) is 2. The van der Waals surface area contributed by atoms with E-state index in [1.54, 1.807) is 0 Å². The minimum absolute atomic E-state index is 0.163. The van der Waals surface area contributed by atoms with E-state index in [4.69, 9.17) is 0 Å². The largest absolute Gasteiger partial charge is 0.351 e. The second-order valence-electron chi connectivity index (χ2n) is 7.79. The lowest BCUT2D eigenvalue weighted by atomic mass is 10.1. The van der Waals surface area contributed by atoms with Crippen LogP contribution in [0.4, 0.5) is 11.4 Å². The minimum atomic E-state index is -0.178. The Kier molecular flexibility index (Phi) is 4.15. The summed E-state index contributed by atoms with van der Waals surface area (Å²) in [5.74, 6) is 0.230. The van der Waals surface area contributed by atoms with Gasteiger partial charge in [-0.1, -0.05) is 37.1 Å². The molecule has 142 valence electrons. The number of carbonyl (C=O) groups excluding carboxylic acids is 2. The van der Waals surface area contributed by atoms with Crippen LogP contribution in [0.3, 0.4) is 0 Å². The van der Waals surface area contributed by atoms with E-state index in [0.29, 0.717) is 11.4 Å². The van der Waals surface area contributed by atoms with Gasteiger partial charge in [-0.3, -0.25) is 9.59 Å². The predicted molar refractivity (Wildman–Crippen MR) is 111 cm³/mol. The van der Waals surface area contributed by atoms with Crippen LogP contribution in [-0.4, -0.2) is 23.3 Å². The molecule has 2 aromatic carbocycles. The van der Waals surface area contributed by atoms with Crippen molar-refractivity contribution in [2.45, 2.75) is 32.1 Å². The molecule has 2 N–H and O–H groups in total. The number of fused-ring (bicyclic) bond motifs is 2. The molecular formula is C23H23N3O2. The van der Waals surface area contributed by atoms with E-state index < -0.39 is 0 Å². The van der Waals surface area contributed by atoms with Crippen LogP contribution in [0.15, 0.2) is 48.5 Å². The number of nitrogens with zero attached hydrogens (tertiary/aromatic N) is 1. The molecule has 28 heavy (non-hydrogen) atoms. The smallest absolute Gasteiger partial charge is 0.272 e. The third-order valence-electron chi connectivity index (χ3n) is 5.98. The van der Waals surface area contributed by atoms with E-state index in [1.165, 1.54) is 5.56 Å². The van der Waals surface area contributed by atoms with Crippen LogP contribution in [0.5, 0.6) is 0 Å². The first-order valence-electron chi connectivity index (χ1n) is 10.0. The summed E-state index contributed by atoms with van der Waals surface area (Å²) in [5, 5.41) is 3.98. The summed E-state index contributed by atoms with van der Waals surface area (Å²) in [6.45, 7) is 0.740. The van der Waals surface area contributed by atoms with Crippen molar-refractivity contribution in [3.05, 3.63) is 59.8 Å². The lowest BCUT2D eigenvalue weighted by Gasteiger charge is -2.21. The molecule has 0 radical (unpaired) electrons. The molecule has 1 aliphatic heterocycles. The van der Waals surface area contributed by atoms with Crippen LogP contribution in [0.2, 0.25) is 0 Å². The van der Waals surface area contributed by atoms with Gasteiger partial charge in [0.05, 0.1) is 0 Å². The highest BCUT2D eigenvalue weighted by atomic mass is 16.2. The van der Waals surface area contributed by atoms with Crippen LogP contribution < -0.4 is 10.2 Å². The quantitative estimate of drug-likeness (QED) is 0.710. The van der Waals surface area contributed by atoms with E-state index in [2.05, 4.69) is 10.3 Å². The fourth-order valence-corrected chi connectivity index (χ4v) is 4.47. The van der Waals surface area contributed by atoms with Crippen molar-refractivity contribution in [3.8, 4) is 0 Å². The average Bonchev–Trinajstić information content (AvgIpc) is 3.45. The van der Waals surface area contributed by atoms with Crippen molar-refractivity contribution >= 4 is 34.1 Å². The highest BCUT2D eigenvalue weighted by Gasteiger charge is 2.32. The zero-order valence-corrected chi connectivity index (χ0v) is 15.7. The van der Waals surface area contributed by atoms with Gasteiger partial charge >= 0.3 is 0 Å². The first kappa shape index (κ1) is 17.0. The monoisotopic (exact) mass is 373 g/mol. The Balaban J connectivity index is 1.37. The van der Waals surface area contributed by atoms with Crippen molar-refractivity contribution in [2.75, 3.05) is 16.8 Å². The summed E-state index contributed by atoms with van der Waals surface area (Å²) in [6.07, 6.45) is 5.18. The Bertz CT molecular complexity index is 1030. The molecule has 5 heteroatoms. The summed E-state index contributed by atoms with van der Waals surface area (Å²) in [7, 11) is 0. The third-order valence-corrected chi connectivity index (χ3v) is 5.98. The van der Waals surface area contributed by atoms with E-state index in [-0.39, 0.29) is 17.7 Å².